The highest BCUT2D eigenvalue weighted by atomic mass is 16.6. The number of aryl methyl sites for hydroxylation is 2. The van der Waals surface area contributed by atoms with Crippen LogP contribution in [0.15, 0.2) is 66.7 Å². The molecule has 0 aliphatic carbocycles. The zero-order valence-electron chi connectivity index (χ0n) is 21.1. The highest BCUT2D eigenvalue weighted by Crippen LogP contribution is 2.37. The maximum Gasteiger partial charge on any atom is 0.326 e. The summed E-state index contributed by atoms with van der Waals surface area (Å²) < 4.78 is 11.2. The van der Waals surface area contributed by atoms with Gasteiger partial charge in [-0.25, -0.2) is 4.79 Å². The van der Waals surface area contributed by atoms with Gasteiger partial charge in [0.1, 0.15) is 19.8 Å². The van der Waals surface area contributed by atoms with Crippen LogP contribution in [-0.4, -0.2) is 54.5 Å². The van der Waals surface area contributed by atoms with Crippen molar-refractivity contribution in [3.05, 3.63) is 94.5 Å². The van der Waals surface area contributed by atoms with Crippen molar-refractivity contribution in [3.63, 3.8) is 0 Å². The molecule has 3 aromatic rings. The minimum atomic E-state index is -1.41. The Morgan fingerprint density at radius 3 is 2.38 bits per heavy atom. The normalized spacial score (nSPS) is 18.5. The first kappa shape index (κ1) is 24.4. The quantitative estimate of drug-likeness (QED) is 0.525. The van der Waals surface area contributed by atoms with Crippen LogP contribution in [0.5, 0.6) is 11.5 Å². The summed E-state index contributed by atoms with van der Waals surface area (Å²) in [4.78, 5) is 42.8. The first-order valence-corrected chi connectivity index (χ1v) is 12.2. The van der Waals surface area contributed by atoms with Gasteiger partial charge >= 0.3 is 6.03 Å². The van der Waals surface area contributed by atoms with Gasteiger partial charge in [0.15, 0.2) is 17.0 Å². The average molecular weight is 500 g/mol. The molecule has 0 radical (unpaired) electrons. The van der Waals surface area contributed by atoms with E-state index in [4.69, 9.17) is 9.47 Å². The van der Waals surface area contributed by atoms with Crippen LogP contribution in [0.1, 0.15) is 27.8 Å². The second kappa shape index (κ2) is 9.61. The molecular weight excluding hydrogens is 470 g/mol. The Labute approximate surface area is 215 Å². The van der Waals surface area contributed by atoms with E-state index in [1.165, 1.54) is 4.90 Å². The van der Waals surface area contributed by atoms with Crippen LogP contribution in [0.25, 0.3) is 0 Å². The molecule has 0 saturated carbocycles. The summed E-state index contributed by atoms with van der Waals surface area (Å²) in [6, 6.07) is 19.8. The Bertz CT molecular complexity index is 1370. The van der Waals surface area contributed by atoms with Crippen molar-refractivity contribution in [2.75, 3.05) is 26.8 Å². The van der Waals surface area contributed by atoms with Gasteiger partial charge in [0.2, 0.25) is 5.91 Å². The van der Waals surface area contributed by atoms with Gasteiger partial charge < -0.3 is 19.7 Å². The summed E-state index contributed by atoms with van der Waals surface area (Å²) in [5, 5.41) is 2.91. The van der Waals surface area contributed by atoms with E-state index in [1.807, 2.05) is 80.6 Å². The van der Waals surface area contributed by atoms with Gasteiger partial charge in [-0.3, -0.25) is 14.5 Å². The molecule has 0 spiro atoms. The van der Waals surface area contributed by atoms with E-state index in [0.29, 0.717) is 42.4 Å². The highest BCUT2D eigenvalue weighted by Gasteiger charge is 2.54. The van der Waals surface area contributed by atoms with Crippen LogP contribution in [0.2, 0.25) is 0 Å². The number of nitrogens with one attached hydrogen (secondary N) is 1. The molecule has 0 aromatic heterocycles. The Kier molecular flexibility index (Phi) is 6.33. The standard InChI is InChI=1S/C29H29N3O5/c1-19-9-11-23(15-20(19)2)29(22-7-5-4-6-8-22)27(34)32(28(35)30-29)18-26(33)31(3)17-21-10-12-24-25(16-21)37-14-13-36-24/h4-12,15-16H,13-14,17-18H2,1-3H3,(H,30,35)/t29-/m1/s1. The fourth-order valence-electron chi connectivity index (χ4n) is 4.74. The molecule has 190 valence electrons. The monoisotopic (exact) mass is 499 g/mol. The van der Waals surface area contributed by atoms with Gasteiger partial charge in [-0.15, -0.1) is 0 Å². The average Bonchev–Trinajstić information content (AvgIpc) is 3.16. The molecule has 1 atom stereocenters. The van der Waals surface area contributed by atoms with Crippen molar-refractivity contribution in [3.8, 4) is 11.5 Å². The molecule has 1 fully saturated rings. The molecule has 3 aromatic carbocycles. The van der Waals surface area contributed by atoms with Crippen molar-refractivity contribution in [1.29, 1.82) is 0 Å². The van der Waals surface area contributed by atoms with E-state index in [1.54, 1.807) is 7.05 Å². The molecule has 37 heavy (non-hydrogen) atoms. The number of amides is 4. The van der Waals surface area contributed by atoms with Crippen molar-refractivity contribution < 1.29 is 23.9 Å². The van der Waals surface area contributed by atoms with Gasteiger partial charge in [-0.1, -0.05) is 54.6 Å². The van der Waals surface area contributed by atoms with E-state index >= 15 is 0 Å². The molecule has 1 N–H and O–H groups in total. The number of rotatable bonds is 6. The Morgan fingerprint density at radius 1 is 0.919 bits per heavy atom. The first-order valence-electron chi connectivity index (χ1n) is 12.2. The maximum absolute atomic E-state index is 14.0. The van der Waals surface area contributed by atoms with Crippen molar-refractivity contribution >= 4 is 17.8 Å². The summed E-state index contributed by atoms with van der Waals surface area (Å²) in [6.45, 7) is 4.86. The second-order valence-electron chi connectivity index (χ2n) is 9.46. The van der Waals surface area contributed by atoms with Gasteiger partial charge in [-0.2, -0.15) is 0 Å². The maximum atomic E-state index is 14.0. The fraction of sp³-hybridized carbons (Fsp3) is 0.276. The van der Waals surface area contributed by atoms with Crippen LogP contribution in [0, 0.1) is 13.8 Å². The van der Waals surface area contributed by atoms with Gasteiger partial charge in [0.05, 0.1) is 0 Å². The van der Waals surface area contributed by atoms with Gasteiger partial charge in [-0.05, 0) is 53.8 Å². The number of hydrogen-bond acceptors (Lipinski definition) is 5. The van der Waals surface area contributed by atoms with E-state index < -0.39 is 17.5 Å². The summed E-state index contributed by atoms with van der Waals surface area (Å²) in [6.07, 6.45) is 0. The molecular formula is C29H29N3O5. The topological polar surface area (TPSA) is 88.2 Å². The third kappa shape index (κ3) is 4.39. The van der Waals surface area contributed by atoms with Gasteiger partial charge in [0, 0.05) is 13.6 Å². The lowest BCUT2D eigenvalue weighted by molar-refractivity contribution is -0.138. The highest BCUT2D eigenvalue weighted by molar-refractivity contribution is 6.11. The number of imide groups is 1. The lowest BCUT2D eigenvalue weighted by Crippen LogP contribution is -2.46. The van der Waals surface area contributed by atoms with Gasteiger partial charge in [0.25, 0.3) is 5.91 Å². The fourth-order valence-corrected chi connectivity index (χ4v) is 4.74. The van der Waals surface area contributed by atoms with Crippen molar-refractivity contribution in [1.82, 2.24) is 15.1 Å². The molecule has 4 amide bonds. The molecule has 5 rings (SSSR count). The molecule has 8 nitrogen and oxygen atoms in total. The Morgan fingerprint density at radius 2 is 1.65 bits per heavy atom. The molecule has 0 bridgehead atoms. The molecule has 8 heteroatoms. The Hall–Kier alpha value is -4.33. The zero-order valence-corrected chi connectivity index (χ0v) is 21.1. The summed E-state index contributed by atoms with van der Waals surface area (Å²) >= 11 is 0. The number of hydrogen-bond donors (Lipinski definition) is 1. The largest absolute Gasteiger partial charge is 0.486 e. The number of carbonyl (C=O) groups excluding carboxylic acids is 3. The lowest BCUT2D eigenvalue weighted by atomic mass is 9.81. The van der Waals surface area contributed by atoms with Crippen LogP contribution in [0.4, 0.5) is 4.79 Å². The SMILES string of the molecule is Cc1ccc([C@@]2(c3ccccc3)NC(=O)N(CC(=O)N(C)Cc3ccc4c(c3)OCCO4)C2=O)cc1C. The summed E-state index contributed by atoms with van der Waals surface area (Å²) in [7, 11) is 1.64. The van der Waals surface area contributed by atoms with Crippen molar-refractivity contribution in [2.24, 2.45) is 0 Å². The minimum Gasteiger partial charge on any atom is -0.486 e. The lowest BCUT2D eigenvalue weighted by Gasteiger charge is -2.29. The number of nitrogens with zero attached hydrogens (tertiary/aromatic N) is 2. The smallest absolute Gasteiger partial charge is 0.326 e. The molecule has 2 aliphatic rings. The number of carbonyl (C=O) groups is 3. The van der Waals surface area contributed by atoms with Crippen molar-refractivity contribution in [2.45, 2.75) is 25.9 Å². The predicted molar refractivity (Wildman–Crippen MR) is 137 cm³/mol. The van der Waals surface area contributed by atoms with Crippen LogP contribution in [-0.2, 0) is 21.7 Å². The van der Waals surface area contributed by atoms with E-state index in [2.05, 4.69) is 5.32 Å². The van der Waals surface area contributed by atoms with Crippen LogP contribution in [0.3, 0.4) is 0 Å². The van der Waals surface area contributed by atoms with E-state index in [0.717, 1.165) is 21.6 Å². The van der Waals surface area contributed by atoms with Crippen LogP contribution >= 0.6 is 0 Å². The Balaban J connectivity index is 1.39. The molecule has 2 heterocycles. The van der Waals surface area contributed by atoms with E-state index in [9.17, 15) is 14.4 Å². The summed E-state index contributed by atoms with van der Waals surface area (Å²) in [5.41, 5.74) is 2.81. The first-order chi connectivity index (χ1) is 17.8. The number of ether oxygens (including phenoxy) is 2. The third-order valence-corrected chi connectivity index (χ3v) is 7.00. The molecule has 1 saturated heterocycles. The zero-order chi connectivity index (χ0) is 26.2. The number of urea groups is 1. The van der Waals surface area contributed by atoms with E-state index in [-0.39, 0.29) is 12.5 Å². The number of likely N-dealkylation sites (N-methyl/N-ethyl adjacent to an activating group) is 1. The summed E-state index contributed by atoms with van der Waals surface area (Å²) in [5.74, 6) is 0.474. The number of benzene rings is 3. The third-order valence-electron chi connectivity index (χ3n) is 7.00. The predicted octanol–water partition coefficient (Wildman–Crippen LogP) is 3.53. The minimum absolute atomic E-state index is 0.292. The molecule has 0 unspecified atom stereocenters. The molecule has 2 aliphatic heterocycles. The van der Waals surface area contributed by atoms with Crippen LogP contribution < -0.4 is 14.8 Å². The second-order valence-corrected chi connectivity index (χ2v) is 9.46. The number of fused-ring (bicyclic) bond motifs is 1.